The molecule has 0 fully saturated rings. The van der Waals surface area contributed by atoms with E-state index in [9.17, 15) is 0 Å². The second-order valence-electron chi connectivity index (χ2n) is 3.52. The van der Waals surface area contributed by atoms with Gasteiger partial charge in [-0.3, -0.25) is 0 Å². The average Bonchev–Trinajstić information content (AvgIpc) is 2.37. The number of hydrogen-bond acceptors (Lipinski definition) is 4. The Hall–Kier alpha value is -1.04. The molecule has 0 unspecified atom stereocenters. The van der Waals surface area contributed by atoms with Crippen LogP contribution in [0.5, 0.6) is 11.5 Å². The molecule has 4 nitrogen and oxygen atoms in total. The predicted octanol–water partition coefficient (Wildman–Crippen LogP) is 4.23. The summed E-state index contributed by atoms with van der Waals surface area (Å²) in [6.45, 7) is 0. The molecule has 0 amide bonds. The number of benzene rings is 1. The molecule has 1 aromatic carbocycles. The van der Waals surface area contributed by atoms with E-state index in [0.717, 1.165) is 4.47 Å². The normalized spacial score (nSPS) is 10.4. The van der Waals surface area contributed by atoms with Gasteiger partial charge in [-0.25, -0.2) is 9.97 Å². The summed E-state index contributed by atoms with van der Waals surface area (Å²) in [7, 11) is 3.12. The van der Waals surface area contributed by atoms with E-state index in [1.165, 1.54) is 6.07 Å². The van der Waals surface area contributed by atoms with Crippen LogP contribution < -0.4 is 9.47 Å². The molecule has 0 aliphatic heterocycles. The van der Waals surface area contributed by atoms with Crippen LogP contribution in [0, 0.1) is 0 Å². The van der Waals surface area contributed by atoms with Gasteiger partial charge in [0.1, 0.15) is 10.3 Å². The molecule has 0 bridgehead atoms. The quantitative estimate of drug-likeness (QED) is 0.765. The van der Waals surface area contributed by atoms with Crippen molar-refractivity contribution in [3.8, 4) is 22.9 Å². The first-order chi connectivity index (χ1) is 9.05. The molecule has 2 aromatic rings. The molecule has 1 aromatic heterocycles. The molecule has 0 aliphatic carbocycles. The molecule has 0 N–H and O–H groups in total. The third-order valence-electron chi connectivity index (χ3n) is 2.38. The van der Waals surface area contributed by atoms with Crippen LogP contribution in [0.15, 0.2) is 22.7 Å². The first-order valence-electron chi connectivity index (χ1n) is 5.17. The van der Waals surface area contributed by atoms with Crippen LogP contribution in [-0.2, 0) is 0 Å². The number of rotatable bonds is 3. The van der Waals surface area contributed by atoms with E-state index in [4.69, 9.17) is 32.7 Å². The summed E-state index contributed by atoms with van der Waals surface area (Å²) in [5, 5.41) is 0.549. The SMILES string of the molecule is COc1cc(Br)c(-c2nc(Cl)cc(Cl)n2)cc1OC. The molecule has 0 saturated carbocycles. The molecule has 19 heavy (non-hydrogen) atoms. The van der Waals surface area contributed by atoms with E-state index in [2.05, 4.69) is 25.9 Å². The Bertz CT molecular complexity index is 603. The molecule has 0 saturated heterocycles. The van der Waals surface area contributed by atoms with Crippen molar-refractivity contribution in [3.63, 3.8) is 0 Å². The monoisotopic (exact) mass is 362 g/mol. The van der Waals surface area contributed by atoms with Gasteiger partial charge < -0.3 is 9.47 Å². The van der Waals surface area contributed by atoms with E-state index in [-0.39, 0.29) is 10.3 Å². The Morgan fingerprint density at radius 2 is 1.47 bits per heavy atom. The summed E-state index contributed by atoms with van der Waals surface area (Å²) in [5.74, 6) is 1.58. The summed E-state index contributed by atoms with van der Waals surface area (Å²) in [6, 6.07) is 5.00. The first kappa shape index (κ1) is 14.4. The predicted molar refractivity (Wildman–Crippen MR) is 78.3 cm³/mol. The summed E-state index contributed by atoms with van der Waals surface area (Å²) in [5.41, 5.74) is 0.710. The smallest absolute Gasteiger partial charge is 0.163 e. The van der Waals surface area contributed by atoms with Gasteiger partial charge in [-0.05, 0) is 28.1 Å². The fraction of sp³-hybridized carbons (Fsp3) is 0.167. The van der Waals surface area contributed by atoms with Crippen LogP contribution in [0.4, 0.5) is 0 Å². The molecule has 100 valence electrons. The zero-order chi connectivity index (χ0) is 14.0. The van der Waals surface area contributed by atoms with Gasteiger partial charge in [-0.15, -0.1) is 0 Å². The van der Waals surface area contributed by atoms with E-state index in [1.54, 1.807) is 26.4 Å². The van der Waals surface area contributed by atoms with Crippen LogP contribution in [0.3, 0.4) is 0 Å². The number of hydrogen-bond donors (Lipinski definition) is 0. The van der Waals surface area contributed by atoms with Crippen LogP contribution >= 0.6 is 39.1 Å². The van der Waals surface area contributed by atoms with Crippen LogP contribution in [0.1, 0.15) is 0 Å². The minimum absolute atomic E-state index is 0.275. The van der Waals surface area contributed by atoms with Crippen molar-refractivity contribution in [2.45, 2.75) is 0 Å². The molecular weight excluding hydrogens is 355 g/mol. The van der Waals surface area contributed by atoms with Gasteiger partial charge in [-0.1, -0.05) is 23.2 Å². The zero-order valence-electron chi connectivity index (χ0n) is 10.1. The lowest BCUT2D eigenvalue weighted by Gasteiger charge is -2.11. The van der Waals surface area contributed by atoms with Crippen molar-refractivity contribution in [1.29, 1.82) is 0 Å². The molecule has 7 heteroatoms. The van der Waals surface area contributed by atoms with Gasteiger partial charge >= 0.3 is 0 Å². The average molecular weight is 364 g/mol. The highest BCUT2D eigenvalue weighted by Crippen LogP contribution is 2.37. The van der Waals surface area contributed by atoms with E-state index >= 15 is 0 Å². The van der Waals surface area contributed by atoms with Gasteiger partial charge in [0.25, 0.3) is 0 Å². The van der Waals surface area contributed by atoms with Gasteiger partial charge in [-0.2, -0.15) is 0 Å². The second kappa shape index (κ2) is 5.94. The van der Waals surface area contributed by atoms with Gasteiger partial charge in [0.05, 0.1) is 14.2 Å². The highest BCUT2D eigenvalue weighted by molar-refractivity contribution is 9.10. The minimum Gasteiger partial charge on any atom is -0.493 e. The maximum Gasteiger partial charge on any atom is 0.163 e. The molecule has 2 rings (SSSR count). The van der Waals surface area contributed by atoms with Crippen LogP contribution in [0.2, 0.25) is 10.3 Å². The van der Waals surface area contributed by atoms with Crippen molar-refractivity contribution in [3.05, 3.63) is 33.0 Å². The standard InChI is InChI=1S/C12H9BrCl2N2O2/c1-18-8-3-6(7(13)4-9(8)19-2)12-16-10(14)5-11(15)17-12/h3-5H,1-2H3. The third-order valence-corrected chi connectivity index (χ3v) is 3.42. The van der Waals surface area contributed by atoms with Crippen molar-refractivity contribution in [1.82, 2.24) is 9.97 Å². The van der Waals surface area contributed by atoms with Crippen LogP contribution in [0.25, 0.3) is 11.4 Å². The van der Waals surface area contributed by atoms with Gasteiger partial charge in [0.2, 0.25) is 0 Å². The highest BCUT2D eigenvalue weighted by Gasteiger charge is 2.14. The third kappa shape index (κ3) is 3.11. The lowest BCUT2D eigenvalue weighted by Crippen LogP contribution is -1.95. The Kier molecular flexibility index (Phi) is 4.50. The lowest BCUT2D eigenvalue weighted by atomic mass is 10.2. The summed E-state index contributed by atoms with van der Waals surface area (Å²) < 4.78 is 11.2. The zero-order valence-corrected chi connectivity index (χ0v) is 13.2. The van der Waals surface area contributed by atoms with E-state index in [1.807, 2.05) is 0 Å². The Balaban J connectivity index is 2.61. The van der Waals surface area contributed by atoms with Crippen molar-refractivity contribution >= 4 is 39.1 Å². The molecule has 0 radical (unpaired) electrons. The lowest BCUT2D eigenvalue weighted by molar-refractivity contribution is 0.355. The van der Waals surface area contributed by atoms with E-state index in [0.29, 0.717) is 22.9 Å². The summed E-state index contributed by atoms with van der Waals surface area (Å²) in [6.07, 6.45) is 0. The molecule has 0 atom stereocenters. The minimum atomic E-state index is 0.275. The number of methoxy groups -OCH3 is 2. The molecular formula is C12H9BrCl2N2O2. The Morgan fingerprint density at radius 1 is 0.947 bits per heavy atom. The Morgan fingerprint density at radius 3 is 2.00 bits per heavy atom. The number of aromatic nitrogens is 2. The maximum atomic E-state index is 5.88. The van der Waals surface area contributed by atoms with Gasteiger partial charge in [0, 0.05) is 16.1 Å². The van der Waals surface area contributed by atoms with Gasteiger partial charge in [0.15, 0.2) is 17.3 Å². The topological polar surface area (TPSA) is 44.2 Å². The van der Waals surface area contributed by atoms with E-state index < -0.39 is 0 Å². The summed E-state index contributed by atoms with van der Waals surface area (Å²) >= 11 is 15.2. The fourth-order valence-electron chi connectivity index (χ4n) is 1.54. The van der Waals surface area contributed by atoms with Crippen LogP contribution in [-0.4, -0.2) is 24.2 Å². The maximum absolute atomic E-state index is 5.88. The highest BCUT2D eigenvalue weighted by atomic mass is 79.9. The number of ether oxygens (including phenoxy) is 2. The molecule has 0 aliphatic rings. The molecule has 1 heterocycles. The second-order valence-corrected chi connectivity index (χ2v) is 5.15. The number of halogens is 3. The first-order valence-corrected chi connectivity index (χ1v) is 6.72. The van der Waals surface area contributed by atoms with Crippen molar-refractivity contribution in [2.75, 3.05) is 14.2 Å². The van der Waals surface area contributed by atoms with Crippen molar-refractivity contribution < 1.29 is 9.47 Å². The summed E-state index contributed by atoms with van der Waals surface area (Å²) in [4.78, 5) is 8.28. The number of nitrogens with zero attached hydrogens (tertiary/aromatic N) is 2. The molecule has 0 spiro atoms. The van der Waals surface area contributed by atoms with Crippen molar-refractivity contribution in [2.24, 2.45) is 0 Å². The Labute approximate surface area is 128 Å². The largest absolute Gasteiger partial charge is 0.493 e. The fourth-order valence-corrected chi connectivity index (χ4v) is 2.46.